The molecule has 0 aliphatic rings. The molecule has 0 aromatic rings. The number of rotatable bonds is 7. The molecule has 13 heavy (non-hydrogen) atoms. The van der Waals surface area contributed by atoms with Gasteiger partial charge in [-0.25, -0.2) is 0 Å². The van der Waals surface area contributed by atoms with Crippen molar-refractivity contribution >= 4 is 0 Å². The Kier molecular flexibility index (Phi) is 7.29. The second-order valence-electron chi connectivity index (χ2n) is 4.14. The van der Waals surface area contributed by atoms with Crippen molar-refractivity contribution in [2.45, 2.75) is 53.2 Å². The first kappa shape index (κ1) is 12.9. The minimum Gasteiger partial charge on any atom is -0.377 e. The van der Waals surface area contributed by atoms with Crippen LogP contribution in [0.5, 0.6) is 0 Å². The SMILES string of the molecule is CCCNC(C)COC(C)C(C)C. The molecule has 0 aromatic carbocycles. The smallest absolute Gasteiger partial charge is 0.0620 e. The zero-order valence-electron chi connectivity index (χ0n) is 9.76. The van der Waals surface area contributed by atoms with Crippen molar-refractivity contribution < 1.29 is 4.74 Å². The molecule has 2 atom stereocenters. The van der Waals surface area contributed by atoms with Gasteiger partial charge in [0.2, 0.25) is 0 Å². The molecular formula is C11H25NO. The third kappa shape index (κ3) is 7.03. The lowest BCUT2D eigenvalue weighted by Gasteiger charge is -2.20. The number of hydrogen-bond acceptors (Lipinski definition) is 2. The van der Waals surface area contributed by atoms with E-state index in [9.17, 15) is 0 Å². The van der Waals surface area contributed by atoms with Crippen molar-refractivity contribution in [3.63, 3.8) is 0 Å². The summed E-state index contributed by atoms with van der Waals surface area (Å²) in [5, 5.41) is 3.40. The van der Waals surface area contributed by atoms with Gasteiger partial charge < -0.3 is 10.1 Å². The Hall–Kier alpha value is -0.0800. The van der Waals surface area contributed by atoms with Crippen LogP contribution in [0, 0.1) is 5.92 Å². The Morgan fingerprint density at radius 1 is 1.15 bits per heavy atom. The van der Waals surface area contributed by atoms with Crippen molar-refractivity contribution in [3.05, 3.63) is 0 Å². The molecule has 0 bridgehead atoms. The molecule has 0 aromatic heterocycles. The fraction of sp³-hybridized carbons (Fsp3) is 1.00. The van der Waals surface area contributed by atoms with Gasteiger partial charge in [-0.2, -0.15) is 0 Å². The molecule has 0 radical (unpaired) electrons. The van der Waals surface area contributed by atoms with Gasteiger partial charge in [-0.3, -0.25) is 0 Å². The van der Waals surface area contributed by atoms with E-state index in [0.29, 0.717) is 18.1 Å². The van der Waals surface area contributed by atoms with Crippen LogP contribution in [0.2, 0.25) is 0 Å². The van der Waals surface area contributed by atoms with E-state index in [-0.39, 0.29) is 0 Å². The predicted molar refractivity (Wildman–Crippen MR) is 58.0 cm³/mol. The molecule has 0 spiro atoms. The summed E-state index contributed by atoms with van der Waals surface area (Å²) >= 11 is 0. The van der Waals surface area contributed by atoms with Crippen LogP contribution in [0.1, 0.15) is 41.0 Å². The summed E-state index contributed by atoms with van der Waals surface area (Å²) in [5.74, 6) is 0.610. The van der Waals surface area contributed by atoms with Gasteiger partial charge in [0.25, 0.3) is 0 Å². The third-order valence-corrected chi connectivity index (χ3v) is 2.29. The maximum Gasteiger partial charge on any atom is 0.0620 e. The van der Waals surface area contributed by atoms with Crippen LogP contribution < -0.4 is 5.32 Å². The first-order valence-corrected chi connectivity index (χ1v) is 5.42. The molecule has 0 saturated carbocycles. The summed E-state index contributed by atoms with van der Waals surface area (Å²) in [4.78, 5) is 0. The summed E-state index contributed by atoms with van der Waals surface area (Å²) < 4.78 is 5.70. The monoisotopic (exact) mass is 187 g/mol. The van der Waals surface area contributed by atoms with Crippen molar-refractivity contribution in [1.82, 2.24) is 5.32 Å². The normalized spacial score (nSPS) is 16.2. The van der Waals surface area contributed by atoms with E-state index in [2.05, 4.69) is 39.9 Å². The van der Waals surface area contributed by atoms with E-state index in [4.69, 9.17) is 4.74 Å². The van der Waals surface area contributed by atoms with Crippen molar-refractivity contribution in [3.8, 4) is 0 Å². The lowest BCUT2D eigenvalue weighted by Crippen LogP contribution is -2.33. The summed E-state index contributed by atoms with van der Waals surface area (Å²) in [6, 6.07) is 0.473. The van der Waals surface area contributed by atoms with Gasteiger partial charge in [0.15, 0.2) is 0 Å². The van der Waals surface area contributed by atoms with Gasteiger partial charge in [0.1, 0.15) is 0 Å². The second kappa shape index (κ2) is 7.34. The van der Waals surface area contributed by atoms with Crippen LogP contribution in [0.3, 0.4) is 0 Å². The maximum atomic E-state index is 5.70. The van der Waals surface area contributed by atoms with Crippen LogP contribution in [-0.2, 0) is 4.74 Å². The zero-order chi connectivity index (χ0) is 10.3. The highest BCUT2D eigenvalue weighted by molar-refractivity contribution is 4.61. The van der Waals surface area contributed by atoms with Gasteiger partial charge in [0, 0.05) is 6.04 Å². The topological polar surface area (TPSA) is 21.3 Å². The van der Waals surface area contributed by atoms with Crippen LogP contribution in [0.4, 0.5) is 0 Å². The number of ether oxygens (including phenoxy) is 1. The van der Waals surface area contributed by atoms with Gasteiger partial charge in [-0.1, -0.05) is 20.8 Å². The van der Waals surface area contributed by atoms with Crippen molar-refractivity contribution in [2.75, 3.05) is 13.2 Å². The van der Waals surface area contributed by atoms with Gasteiger partial charge in [-0.05, 0) is 32.7 Å². The maximum absolute atomic E-state index is 5.70. The largest absolute Gasteiger partial charge is 0.377 e. The van der Waals surface area contributed by atoms with Gasteiger partial charge >= 0.3 is 0 Å². The van der Waals surface area contributed by atoms with E-state index in [1.165, 1.54) is 6.42 Å². The highest BCUT2D eigenvalue weighted by Gasteiger charge is 2.08. The molecule has 0 rings (SSSR count). The molecule has 2 heteroatoms. The predicted octanol–water partition coefficient (Wildman–Crippen LogP) is 2.44. The van der Waals surface area contributed by atoms with Crippen molar-refractivity contribution in [1.29, 1.82) is 0 Å². The Morgan fingerprint density at radius 2 is 1.77 bits per heavy atom. The molecule has 0 saturated heterocycles. The molecule has 2 unspecified atom stereocenters. The number of nitrogens with one attached hydrogen (secondary N) is 1. The minimum absolute atomic E-state index is 0.367. The minimum atomic E-state index is 0.367. The summed E-state index contributed by atoms with van der Waals surface area (Å²) in [6.45, 7) is 12.8. The lowest BCUT2D eigenvalue weighted by molar-refractivity contribution is 0.0247. The molecule has 0 fully saturated rings. The molecule has 0 aliphatic heterocycles. The van der Waals surface area contributed by atoms with E-state index in [1.54, 1.807) is 0 Å². The first-order valence-electron chi connectivity index (χ1n) is 5.42. The van der Waals surface area contributed by atoms with Gasteiger partial charge in [0.05, 0.1) is 12.7 Å². The molecule has 2 nitrogen and oxygen atoms in total. The Labute approximate surface area is 83.1 Å². The standard InChI is InChI=1S/C11H25NO/c1-6-7-12-10(4)8-13-11(5)9(2)3/h9-12H,6-8H2,1-5H3. The Bertz CT molecular complexity index is 115. The zero-order valence-corrected chi connectivity index (χ0v) is 9.76. The fourth-order valence-electron chi connectivity index (χ4n) is 0.938. The average molecular weight is 187 g/mol. The molecule has 0 heterocycles. The van der Waals surface area contributed by atoms with Gasteiger partial charge in [-0.15, -0.1) is 0 Å². The highest BCUT2D eigenvalue weighted by atomic mass is 16.5. The van der Waals surface area contributed by atoms with E-state index in [1.807, 2.05) is 0 Å². The van der Waals surface area contributed by atoms with Crippen LogP contribution in [-0.4, -0.2) is 25.3 Å². The highest BCUT2D eigenvalue weighted by Crippen LogP contribution is 2.05. The first-order chi connectivity index (χ1) is 6.07. The average Bonchev–Trinajstić information content (AvgIpc) is 2.10. The Morgan fingerprint density at radius 3 is 2.23 bits per heavy atom. The van der Waals surface area contributed by atoms with Crippen molar-refractivity contribution in [2.24, 2.45) is 5.92 Å². The van der Waals surface area contributed by atoms with Crippen LogP contribution in [0.15, 0.2) is 0 Å². The van der Waals surface area contributed by atoms with E-state index < -0.39 is 0 Å². The molecule has 0 amide bonds. The summed E-state index contributed by atoms with van der Waals surface area (Å²) in [6.07, 6.45) is 1.55. The molecule has 1 N–H and O–H groups in total. The Balaban J connectivity index is 3.40. The third-order valence-electron chi connectivity index (χ3n) is 2.29. The van der Waals surface area contributed by atoms with E-state index in [0.717, 1.165) is 13.2 Å². The fourth-order valence-corrected chi connectivity index (χ4v) is 0.938. The lowest BCUT2D eigenvalue weighted by atomic mass is 10.1. The molecule has 0 aliphatic carbocycles. The molecule has 80 valence electrons. The van der Waals surface area contributed by atoms with Crippen LogP contribution in [0.25, 0.3) is 0 Å². The van der Waals surface area contributed by atoms with E-state index >= 15 is 0 Å². The quantitative estimate of drug-likeness (QED) is 0.661. The summed E-state index contributed by atoms with van der Waals surface area (Å²) in [7, 11) is 0. The van der Waals surface area contributed by atoms with Crippen LogP contribution >= 0.6 is 0 Å². The second-order valence-corrected chi connectivity index (χ2v) is 4.14. The number of hydrogen-bond donors (Lipinski definition) is 1. The summed E-state index contributed by atoms with van der Waals surface area (Å²) in [5.41, 5.74) is 0. The molecular weight excluding hydrogens is 162 g/mol.